The molecule has 0 amide bonds. The summed E-state index contributed by atoms with van der Waals surface area (Å²) in [6, 6.07) is 26.8. The van der Waals surface area contributed by atoms with Crippen LogP contribution in [0.15, 0.2) is 78.9 Å². The number of carboxylic acid groups (broad SMARTS) is 1. The molecule has 0 saturated carbocycles. The van der Waals surface area contributed by atoms with Crippen LogP contribution in [0, 0.1) is 5.92 Å². The van der Waals surface area contributed by atoms with Gasteiger partial charge >= 0.3 is 5.97 Å². The van der Waals surface area contributed by atoms with E-state index in [-0.39, 0.29) is 6.04 Å². The summed E-state index contributed by atoms with van der Waals surface area (Å²) in [4.78, 5) is 11.3. The molecule has 3 heteroatoms. The quantitative estimate of drug-likeness (QED) is 0.640. The lowest BCUT2D eigenvalue weighted by molar-refractivity contribution is 0.0696. The number of aromatic carboxylic acids is 1. The fourth-order valence-electron chi connectivity index (χ4n) is 4.28. The fourth-order valence-corrected chi connectivity index (χ4v) is 4.28. The van der Waals surface area contributed by atoms with Crippen molar-refractivity contribution < 1.29 is 9.90 Å². The number of benzene rings is 3. The van der Waals surface area contributed by atoms with E-state index in [4.69, 9.17) is 0 Å². The van der Waals surface area contributed by atoms with Crippen LogP contribution in [-0.2, 0) is 19.4 Å². The number of fused-ring (bicyclic) bond motifs is 1. The molecule has 1 aliphatic carbocycles. The van der Waals surface area contributed by atoms with Crippen LogP contribution in [0.4, 0.5) is 0 Å². The maximum atomic E-state index is 11.3. The van der Waals surface area contributed by atoms with Gasteiger partial charge in [0.15, 0.2) is 0 Å². The zero-order valence-electron chi connectivity index (χ0n) is 15.8. The zero-order chi connectivity index (χ0) is 19.3. The number of aryl methyl sites for hydroxylation is 1. The molecule has 0 spiro atoms. The summed E-state index contributed by atoms with van der Waals surface area (Å²) >= 11 is 0. The van der Waals surface area contributed by atoms with E-state index in [1.165, 1.54) is 16.7 Å². The van der Waals surface area contributed by atoms with Gasteiger partial charge in [-0.15, -0.1) is 0 Å². The molecule has 3 nitrogen and oxygen atoms in total. The third-order valence-electron chi connectivity index (χ3n) is 5.69. The molecule has 0 aliphatic heterocycles. The molecule has 28 heavy (non-hydrogen) atoms. The standard InChI is InChI=1S/C25H25NO2/c27-25(28)22-11-6-9-19(16-22)17-26-24-21(15-18-7-2-1-3-8-18)14-13-20-10-4-5-12-23(20)24/h1-12,16,21,24,26H,13-15,17H2,(H,27,28). The van der Waals surface area contributed by atoms with Crippen molar-refractivity contribution >= 4 is 5.97 Å². The minimum absolute atomic E-state index is 0.263. The average molecular weight is 371 g/mol. The van der Waals surface area contributed by atoms with E-state index < -0.39 is 5.97 Å². The van der Waals surface area contributed by atoms with Crippen molar-refractivity contribution in [1.29, 1.82) is 0 Å². The van der Waals surface area contributed by atoms with Crippen LogP contribution >= 0.6 is 0 Å². The molecule has 0 saturated heterocycles. The predicted octanol–water partition coefficient (Wildman–Crippen LogP) is 5.02. The summed E-state index contributed by atoms with van der Waals surface area (Å²) in [6.07, 6.45) is 3.31. The average Bonchev–Trinajstić information content (AvgIpc) is 2.74. The monoisotopic (exact) mass is 371 g/mol. The minimum atomic E-state index is -0.883. The van der Waals surface area contributed by atoms with Gasteiger partial charge in [-0.05, 0) is 59.6 Å². The van der Waals surface area contributed by atoms with Gasteiger partial charge in [0, 0.05) is 12.6 Å². The molecule has 0 bridgehead atoms. The molecular formula is C25H25NO2. The summed E-state index contributed by atoms with van der Waals surface area (Å²) in [6.45, 7) is 0.658. The Kier molecular flexibility index (Phi) is 5.54. The van der Waals surface area contributed by atoms with Crippen LogP contribution in [0.1, 0.15) is 45.1 Å². The van der Waals surface area contributed by atoms with Gasteiger partial charge in [-0.3, -0.25) is 0 Å². The number of carboxylic acids is 1. The van der Waals surface area contributed by atoms with Gasteiger partial charge in [0.25, 0.3) is 0 Å². The molecule has 142 valence electrons. The number of rotatable bonds is 6. The van der Waals surface area contributed by atoms with Gasteiger partial charge in [-0.25, -0.2) is 4.79 Å². The van der Waals surface area contributed by atoms with Gasteiger partial charge in [-0.2, -0.15) is 0 Å². The topological polar surface area (TPSA) is 49.3 Å². The molecule has 3 aromatic rings. The Balaban J connectivity index is 1.56. The Morgan fingerprint density at radius 2 is 1.68 bits per heavy atom. The molecule has 2 unspecified atom stereocenters. The Bertz CT molecular complexity index is 952. The molecule has 2 atom stereocenters. The van der Waals surface area contributed by atoms with Crippen molar-refractivity contribution in [2.45, 2.75) is 31.8 Å². The van der Waals surface area contributed by atoms with Gasteiger partial charge in [0.2, 0.25) is 0 Å². The lowest BCUT2D eigenvalue weighted by Gasteiger charge is -2.35. The molecule has 2 N–H and O–H groups in total. The maximum Gasteiger partial charge on any atom is 0.335 e. The van der Waals surface area contributed by atoms with Gasteiger partial charge in [0.05, 0.1) is 5.56 Å². The highest BCUT2D eigenvalue weighted by atomic mass is 16.4. The molecule has 1 aliphatic rings. The molecule has 0 heterocycles. The van der Waals surface area contributed by atoms with E-state index in [2.05, 4.69) is 59.9 Å². The normalized spacial score (nSPS) is 18.4. The van der Waals surface area contributed by atoms with E-state index in [1.54, 1.807) is 12.1 Å². The fraction of sp³-hybridized carbons (Fsp3) is 0.240. The van der Waals surface area contributed by atoms with E-state index in [1.807, 2.05) is 12.1 Å². The van der Waals surface area contributed by atoms with Crippen molar-refractivity contribution in [2.24, 2.45) is 5.92 Å². The number of nitrogens with one attached hydrogen (secondary N) is 1. The number of carbonyl (C=O) groups is 1. The van der Waals surface area contributed by atoms with Gasteiger partial charge in [0.1, 0.15) is 0 Å². The summed E-state index contributed by atoms with van der Waals surface area (Å²) in [5, 5.41) is 13.0. The highest BCUT2D eigenvalue weighted by molar-refractivity contribution is 5.87. The van der Waals surface area contributed by atoms with Crippen LogP contribution in [0.25, 0.3) is 0 Å². The Morgan fingerprint density at radius 1 is 0.929 bits per heavy atom. The Morgan fingerprint density at radius 3 is 2.50 bits per heavy atom. The Labute approximate surface area is 166 Å². The maximum absolute atomic E-state index is 11.3. The lowest BCUT2D eigenvalue weighted by atomic mass is 9.77. The van der Waals surface area contributed by atoms with Gasteiger partial charge < -0.3 is 10.4 Å². The van der Waals surface area contributed by atoms with E-state index in [0.717, 1.165) is 24.8 Å². The van der Waals surface area contributed by atoms with Crippen LogP contribution in [0.2, 0.25) is 0 Å². The second-order valence-corrected chi connectivity index (χ2v) is 7.55. The third kappa shape index (κ3) is 4.15. The summed E-state index contributed by atoms with van der Waals surface area (Å²) in [5.74, 6) is -0.369. The highest BCUT2D eigenvalue weighted by Crippen LogP contribution is 2.36. The van der Waals surface area contributed by atoms with Crippen LogP contribution in [0.5, 0.6) is 0 Å². The molecule has 0 aromatic heterocycles. The summed E-state index contributed by atoms with van der Waals surface area (Å²) in [5.41, 5.74) is 5.50. The van der Waals surface area contributed by atoms with Crippen molar-refractivity contribution in [1.82, 2.24) is 5.32 Å². The lowest BCUT2D eigenvalue weighted by Crippen LogP contribution is -2.33. The molecular weight excluding hydrogens is 346 g/mol. The van der Waals surface area contributed by atoms with Crippen molar-refractivity contribution in [3.05, 3.63) is 107 Å². The molecule has 3 aromatic carbocycles. The van der Waals surface area contributed by atoms with E-state index in [9.17, 15) is 9.90 Å². The van der Waals surface area contributed by atoms with E-state index in [0.29, 0.717) is 18.0 Å². The number of hydrogen-bond acceptors (Lipinski definition) is 2. The van der Waals surface area contributed by atoms with Crippen LogP contribution < -0.4 is 5.32 Å². The second kappa shape index (κ2) is 8.41. The van der Waals surface area contributed by atoms with Crippen molar-refractivity contribution in [3.63, 3.8) is 0 Å². The molecule has 4 rings (SSSR count). The van der Waals surface area contributed by atoms with Crippen LogP contribution in [-0.4, -0.2) is 11.1 Å². The number of hydrogen-bond donors (Lipinski definition) is 2. The first-order chi connectivity index (χ1) is 13.7. The van der Waals surface area contributed by atoms with Crippen molar-refractivity contribution in [3.8, 4) is 0 Å². The first-order valence-electron chi connectivity index (χ1n) is 9.88. The predicted molar refractivity (Wildman–Crippen MR) is 111 cm³/mol. The third-order valence-corrected chi connectivity index (χ3v) is 5.69. The summed E-state index contributed by atoms with van der Waals surface area (Å²) in [7, 11) is 0. The largest absolute Gasteiger partial charge is 0.478 e. The highest BCUT2D eigenvalue weighted by Gasteiger charge is 2.29. The smallest absolute Gasteiger partial charge is 0.335 e. The molecule has 0 fully saturated rings. The first kappa shape index (κ1) is 18.5. The SMILES string of the molecule is O=C(O)c1cccc(CNC2c3ccccc3CCC2Cc2ccccc2)c1. The first-order valence-corrected chi connectivity index (χ1v) is 9.88. The Hall–Kier alpha value is -2.91. The van der Waals surface area contributed by atoms with E-state index >= 15 is 0 Å². The molecule has 0 radical (unpaired) electrons. The van der Waals surface area contributed by atoms with Gasteiger partial charge in [-0.1, -0.05) is 66.7 Å². The summed E-state index contributed by atoms with van der Waals surface area (Å²) < 4.78 is 0. The zero-order valence-corrected chi connectivity index (χ0v) is 15.8. The van der Waals surface area contributed by atoms with Crippen LogP contribution in [0.3, 0.4) is 0 Å². The second-order valence-electron chi connectivity index (χ2n) is 7.55. The van der Waals surface area contributed by atoms with Crippen molar-refractivity contribution in [2.75, 3.05) is 0 Å². The minimum Gasteiger partial charge on any atom is -0.478 e.